The fourth-order valence-electron chi connectivity index (χ4n) is 2.53. The van der Waals surface area contributed by atoms with Crippen LogP contribution in [0.5, 0.6) is 0 Å². The maximum absolute atomic E-state index is 6.12. The van der Waals surface area contributed by atoms with E-state index in [4.69, 9.17) is 15.0 Å². The number of hydrogen-bond donors (Lipinski definition) is 1. The first-order chi connectivity index (χ1) is 10.5. The van der Waals surface area contributed by atoms with Crippen molar-refractivity contribution in [3.8, 4) is 0 Å². The van der Waals surface area contributed by atoms with Gasteiger partial charge in [0.1, 0.15) is 0 Å². The lowest BCUT2D eigenvalue weighted by Crippen LogP contribution is -2.41. The molecule has 0 aromatic heterocycles. The minimum absolute atomic E-state index is 0.341. The lowest BCUT2D eigenvalue weighted by molar-refractivity contribution is 0.00578. The summed E-state index contributed by atoms with van der Waals surface area (Å²) in [7, 11) is -1.70. The molecule has 1 saturated heterocycles. The smallest absolute Gasteiger partial charge is 0.400 e. The predicted octanol–water partition coefficient (Wildman–Crippen LogP) is 3.21. The van der Waals surface area contributed by atoms with E-state index in [1.165, 1.54) is 10.8 Å². The van der Waals surface area contributed by atoms with Gasteiger partial charge in [0, 0.05) is 6.54 Å². The zero-order chi connectivity index (χ0) is 17.5. The molecule has 2 N–H and O–H groups in total. The van der Waals surface area contributed by atoms with Gasteiger partial charge in [0.2, 0.25) is 0 Å². The zero-order valence-electron chi connectivity index (χ0n) is 15.6. The number of rotatable bonds is 4. The minimum atomic E-state index is -1.33. The Morgan fingerprint density at radius 1 is 1.13 bits per heavy atom. The van der Waals surface area contributed by atoms with Gasteiger partial charge in [-0.3, -0.25) is 0 Å². The number of hydrogen-bond acceptors (Lipinski definition) is 3. The summed E-state index contributed by atoms with van der Waals surface area (Å²) in [5, 5.41) is 1.44. The monoisotopic (exact) mass is 331 g/mol. The van der Waals surface area contributed by atoms with Crippen molar-refractivity contribution in [2.75, 3.05) is 6.54 Å². The second-order valence-electron chi connectivity index (χ2n) is 8.39. The molecule has 0 atom stereocenters. The van der Waals surface area contributed by atoms with Crippen molar-refractivity contribution < 1.29 is 9.31 Å². The third kappa shape index (κ3) is 3.97. The summed E-state index contributed by atoms with van der Waals surface area (Å²) < 4.78 is 12.2. The van der Waals surface area contributed by atoms with Crippen LogP contribution in [-0.4, -0.2) is 32.9 Å². The van der Waals surface area contributed by atoms with Crippen LogP contribution in [0.2, 0.25) is 19.6 Å². The summed E-state index contributed by atoms with van der Waals surface area (Å²) in [6.45, 7) is 15.7. The fourth-order valence-corrected chi connectivity index (χ4v) is 3.72. The summed E-state index contributed by atoms with van der Waals surface area (Å²) in [5.41, 5.74) is 7.45. The van der Waals surface area contributed by atoms with E-state index in [0.717, 1.165) is 5.47 Å². The molecule has 1 aliphatic rings. The van der Waals surface area contributed by atoms with Gasteiger partial charge in [-0.2, -0.15) is 0 Å². The SMILES string of the molecule is CC1(C)OB(C(=Cc2cccc([Si](C)(C)C)c2)CN)OC1(C)C. The molecule has 0 aliphatic carbocycles. The molecule has 23 heavy (non-hydrogen) atoms. The zero-order valence-corrected chi connectivity index (χ0v) is 16.6. The van der Waals surface area contributed by atoms with Crippen molar-refractivity contribution in [2.24, 2.45) is 5.73 Å². The summed E-state index contributed by atoms with van der Waals surface area (Å²) in [6, 6.07) is 8.73. The van der Waals surface area contributed by atoms with E-state index < -0.39 is 8.07 Å². The van der Waals surface area contributed by atoms with Crippen LogP contribution in [0.3, 0.4) is 0 Å². The van der Waals surface area contributed by atoms with Gasteiger partial charge in [-0.1, -0.05) is 55.2 Å². The normalized spacial score (nSPS) is 20.9. The Labute approximate surface area is 142 Å². The average molecular weight is 331 g/mol. The predicted molar refractivity (Wildman–Crippen MR) is 103 cm³/mol. The molecule has 2 rings (SSSR count). The molecule has 0 radical (unpaired) electrons. The fraction of sp³-hybridized carbons (Fsp3) is 0.556. The molecule has 0 saturated carbocycles. The maximum Gasteiger partial charge on any atom is 0.491 e. The molecule has 0 bridgehead atoms. The average Bonchev–Trinajstić information content (AvgIpc) is 2.64. The van der Waals surface area contributed by atoms with Gasteiger partial charge in [0.05, 0.1) is 19.3 Å². The van der Waals surface area contributed by atoms with Crippen LogP contribution in [0.15, 0.2) is 29.7 Å². The summed E-state index contributed by atoms with van der Waals surface area (Å²) in [4.78, 5) is 0. The van der Waals surface area contributed by atoms with Crippen molar-refractivity contribution >= 4 is 26.5 Å². The summed E-state index contributed by atoms with van der Waals surface area (Å²) in [6.07, 6.45) is 2.12. The number of benzene rings is 1. The van der Waals surface area contributed by atoms with Crippen molar-refractivity contribution in [3.63, 3.8) is 0 Å². The number of nitrogens with two attached hydrogens (primary N) is 1. The Kier molecular flexibility index (Phi) is 4.98. The largest absolute Gasteiger partial charge is 0.491 e. The van der Waals surface area contributed by atoms with Gasteiger partial charge in [-0.15, -0.1) is 0 Å². The Hall–Kier alpha value is -0.878. The van der Waals surface area contributed by atoms with Gasteiger partial charge < -0.3 is 15.0 Å². The molecule has 0 unspecified atom stereocenters. The van der Waals surface area contributed by atoms with Crippen molar-refractivity contribution in [3.05, 3.63) is 35.3 Å². The van der Waals surface area contributed by atoms with Crippen LogP contribution >= 0.6 is 0 Å². The second kappa shape index (κ2) is 6.21. The van der Waals surface area contributed by atoms with Crippen LogP contribution in [-0.2, 0) is 9.31 Å². The highest BCUT2D eigenvalue weighted by Crippen LogP contribution is 2.38. The van der Waals surface area contributed by atoms with E-state index in [9.17, 15) is 0 Å². The van der Waals surface area contributed by atoms with Crippen molar-refractivity contribution in [1.82, 2.24) is 0 Å². The highest BCUT2D eigenvalue weighted by molar-refractivity contribution is 6.88. The van der Waals surface area contributed by atoms with Crippen molar-refractivity contribution in [1.29, 1.82) is 0 Å². The van der Waals surface area contributed by atoms with E-state index in [2.05, 4.69) is 77.7 Å². The summed E-state index contributed by atoms with van der Waals surface area (Å²) >= 11 is 0. The first-order valence-electron chi connectivity index (χ1n) is 8.33. The molecule has 1 aromatic rings. The van der Waals surface area contributed by atoms with Crippen LogP contribution in [0.4, 0.5) is 0 Å². The highest BCUT2D eigenvalue weighted by atomic mass is 28.3. The highest BCUT2D eigenvalue weighted by Gasteiger charge is 2.52. The van der Waals surface area contributed by atoms with Gasteiger partial charge in [0.25, 0.3) is 0 Å². The molecule has 1 aromatic carbocycles. The summed E-state index contributed by atoms with van der Waals surface area (Å²) in [5.74, 6) is 0. The second-order valence-corrected chi connectivity index (χ2v) is 13.5. The van der Waals surface area contributed by atoms with Crippen molar-refractivity contribution in [2.45, 2.75) is 58.5 Å². The van der Waals surface area contributed by atoms with Gasteiger partial charge in [-0.05, 0) is 38.7 Å². The molecular formula is C18H30BNO2Si. The van der Waals surface area contributed by atoms with Crippen LogP contribution in [0, 0.1) is 0 Å². The van der Waals surface area contributed by atoms with Gasteiger partial charge in [-0.25, -0.2) is 0 Å². The molecule has 0 amide bonds. The molecule has 1 heterocycles. The van der Waals surface area contributed by atoms with Gasteiger partial charge >= 0.3 is 7.12 Å². The van der Waals surface area contributed by atoms with E-state index in [-0.39, 0.29) is 18.3 Å². The first kappa shape index (κ1) is 18.5. The Morgan fingerprint density at radius 3 is 2.17 bits per heavy atom. The molecule has 3 nitrogen and oxygen atoms in total. The molecule has 1 fully saturated rings. The van der Waals surface area contributed by atoms with E-state index in [1.54, 1.807) is 0 Å². The van der Waals surface area contributed by atoms with Crippen LogP contribution < -0.4 is 10.9 Å². The molecular weight excluding hydrogens is 301 g/mol. The molecule has 0 spiro atoms. The Morgan fingerprint density at radius 2 is 1.70 bits per heavy atom. The van der Waals surface area contributed by atoms with E-state index in [0.29, 0.717) is 6.54 Å². The maximum atomic E-state index is 6.12. The standard InChI is InChI=1S/C18H30BNO2Si/c1-17(2)18(3,4)22-19(21-17)15(13-20)11-14-9-8-10-16(12-14)23(5,6)7/h8-12H,13,20H2,1-7H3. The first-order valence-corrected chi connectivity index (χ1v) is 11.8. The Balaban J connectivity index is 2.31. The van der Waals surface area contributed by atoms with Crippen LogP contribution in [0.25, 0.3) is 6.08 Å². The van der Waals surface area contributed by atoms with Gasteiger partial charge in [0.15, 0.2) is 0 Å². The minimum Gasteiger partial charge on any atom is -0.400 e. The van der Waals surface area contributed by atoms with Crippen LogP contribution in [0.1, 0.15) is 33.3 Å². The molecule has 5 heteroatoms. The third-order valence-electron chi connectivity index (χ3n) is 4.90. The lowest BCUT2D eigenvalue weighted by atomic mass is 9.77. The molecule has 126 valence electrons. The Bertz CT molecular complexity index is 589. The lowest BCUT2D eigenvalue weighted by Gasteiger charge is -2.32. The van der Waals surface area contributed by atoms with E-state index in [1.807, 2.05) is 0 Å². The quantitative estimate of drug-likeness (QED) is 0.862. The topological polar surface area (TPSA) is 44.5 Å². The van der Waals surface area contributed by atoms with E-state index >= 15 is 0 Å². The third-order valence-corrected chi connectivity index (χ3v) is 6.94. The molecule has 1 aliphatic heterocycles.